The Morgan fingerprint density at radius 3 is 1.11 bits per heavy atom. The number of hydrogen-bond acceptors (Lipinski definition) is 4. The molecule has 0 aliphatic rings. The Morgan fingerprint density at radius 1 is 0.316 bits per heavy atom. The topological polar surface area (TPSA) is 32.8 Å². The second-order valence-electron chi connectivity index (χ2n) is 20.2. The fraction of sp³-hybridized carbons (Fsp3) is 0.111. The summed E-state index contributed by atoms with van der Waals surface area (Å²) in [5.74, 6) is 0. The van der Waals surface area contributed by atoms with Crippen LogP contribution >= 0.6 is 0 Å². The number of anilines is 6. The van der Waals surface area contributed by atoms with Crippen LogP contribution in [-0.4, -0.2) is 0 Å². The molecule has 0 fully saturated rings. The fourth-order valence-corrected chi connectivity index (χ4v) is 12.5. The van der Waals surface area contributed by atoms with Gasteiger partial charge in [-0.3, -0.25) is 0 Å². The number of aryl methyl sites for hydroxylation is 4. The zero-order valence-corrected chi connectivity index (χ0v) is 43.3. The van der Waals surface area contributed by atoms with Gasteiger partial charge in [0.1, 0.15) is 22.3 Å². The Hall–Kier alpha value is -9.12. The van der Waals surface area contributed by atoms with Gasteiger partial charge >= 0.3 is 0 Å². The predicted molar refractivity (Wildman–Crippen MR) is 322 cm³/mol. The summed E-state index contributed by atoms with van der Waals surface area (Å²) in [7, 11) is 0. The van der Waals surface area contributed by atoms with E-state index in [1.807, 2.05) is 12.1 Å². The molecule has 4 heteroatoms. The first-order valence-corrected chi connectivity index (χ1v) is 27.1. The van der Waals surface area contributed by atoms with Gasteiger partial charge in [0, 0.05) is 54.8 Å². The zero-order chi connectivity index (χ0) is 51.0. The fourth-order valence-electron chi connectivity index (χ4n) is 12.5. The molecule has 0 amide bonds. The Morgan fingerprint density at radius 2 is 0.684 bits per heavy atom. The lowest BCUT2D eigenvalue weighted by molar-refractivity contribution is 0.669. The van der Waals surface area contributed by atoms with Crippen LogP contribution in [-0.2, 0) is 25.7 Å². The molecular weight excluding hydrogens is 925 g/mol. The van der Waals surface area contributed by atoms with E-state index in [1.54, 1.807) is 0 Å². The highest BCUT2D eigenvalue weighted by molar-refractivity contribution is 6.28. The van der Waals surface area contributed by atoms with Crippen LogP contribution < -0.4 is 9.80 Å². The lowest BCUT2D eigenvalue weighted by Crippen LogP contribution is -2.15. The van der Waals surface area contributed by atoms with E-state index >= 15 is 0 Å². The lowest BCUT2D eigenvalue weighted by Gasteiger charge is -2.33. The molecule has 2 heterocycles. The van der Waals surface area contributed by atoms with Crippen molar-refractivity contribution in [3.8, 4) is 22.3 Å². The van der Waals surface area contributed by atoms with Crippen molar-refractivity contribution in [2.75, 3.05) is 9.80 Å². The Kier molecular flexibility index (Phi) is 11.0. The molecule has 0 unspecified atom stereocenters. The van der Waals surface area contributed by atoms with Gasteiger partial charge in [-0.2, -0.15) is 0 Å². The number of hydrogen-bond donors (Lipinski definition) is 0. The molecule has 0 atom stereocenters. The van der Waals surface area contributed by atoms with Gasteiger partial charge in [-0.25, -0.2) is 0 Å². The molecule has 0 radical (unpaired) electrons. The summed E-state index contributed by atoms with van der Waals surface area (Å²) in [4.78, 5) is 5.11. The third-order valence-corrected chi connectivity index (χ3v) is 16.1. The Bertz CT molecular complexity index is 4220. The average Bonchev–Trinajstić information content (AvgIpc) is 4.12. The van der Waals surface area contributed by atoms with E-state index < -0.39 is 0 Å². The van der Waals surface area contributed by atoms with Crippen LogP contribution in [0.3, 0.4) is 0 Å². The molecule has 0 saturated carbocycles. The van der Waals surface area contributed by atoms with Crippen molar-refractivity contribution in [1.82, 2.24) is 0 Å². The first kappa shape index (κ1) is 45.5. The molecule has 12 aromatic carbocycles. The number of benzene rings is 12. The van der Waals surface area contributed by atoms with Crippen molar-refractivity contribution in [2.45, 2.75) is 53.4 Å². The van der Waals surface area contributed by atoms with Crippen LogP contribution in [0.5, 0.6) is 0 Å². The molecule has 0 saturated heterocycles. The van der Waals surface area contributed by atoms with E-state index in [0.717, 1.165) is 115 Å². The molecule has 366 valence electrons. The Labute approximate surface area is 443 Å². The molecule has 0 bridgehead atoms. The van der Waals surface area contributed by atoms with E-state index in [1.165, 1.54) is 65.9 Å². The lowest BCUT2D eigenvalue weighted by atomic mass is 9.90. The average molecular weight is 981 g/mol. The number of fused-ring (bicyclic) bond motifs is 6. The SMILES string of the molecule is CCc1cccc(CC)c1N(c1cccc(-c2cccc3c2oc2ccccc23)c1)c1ccc2ccc3c(N(c4cccc(-c5cccc6c5oc5ccccc56)c4)c4c(CC)cccc4CC)ccc4ccc1c2c43. The molecule has 2 aromatic heterocycles. The second-order valence-corrected chi connectivity index (χ2v) is 20.2. The minimum absolute atomic E-state index is 0.899. The molecule has 4 nitrogen and oxygen atoms in total. The van der Waals surface area contributed by atoms with E-state index in [0.29, 0.717) is 0 Å². The zero-order valence-electron chi connectivity index (χ0n) is 43.3. The molecule has 14 rings (SSSR count). The van der Waals surface area contributed by atoms with Gasteiger partial charge < -0.3 is 18.6 Å². The smallest absolute Gasteiger partial charge is 0.143 e. The minimum atomic E-state index is 0.899. The maximum atomic E-state index is 6.64. The van der Waals surface area contributed by atoms with Crippen LogP contribution in [0.15, 0.2) is 227 Å². The molecular formula is C72H56N2O2. The van der Waals surface area contributed by atoms with Crippen molar-refractivity contribution in [1.29, 1.82) is 0 Å². The number of para-hydroxylation sites is 6. The molecule has 0 spiro atoms. The van der Waals surface area contributed by atoms with Crippen molar-refractivity contribution in [3.05, 3.63) is 241 Å². The highest BCUT2D eigenvalue weighted by atomic mass is 16.3. The summed E-state index contributed by atoms with van der Waals surface area (Å²) in [5.41, 5.74) is 20.2. The number of nitrogens with zero attached hydrogens (tertiary/aromatic N) is 2. The summed E-state index contributed by atoms with van der Waals surface area (Å²) in [6.07, 6.45) is 3.60. The maximum absolute atomic E-state index is 6.64. The quantitative estimate of drug-likeness (QED) is 0.114. The van der Waals surface area contributed by atoms with Gasteiger partial charge in [-0.05, 0) is 129 Å². The molecule has 0 N–H and O–H groups in total. The van der Waals surface area contributed by atoms with Crippen molar-refractivity contribution >= 4 is 110 Å². The first-order valence-electron chi connectivity index (χ1n) is 27.1. The summed E-state index contributed by atoms with van der Waals surface area (Å²) in [6, 6.07) is 80.4. The van der Waals surface area contributed by atoms with E-state index in [4.69, 9.17) is 8.83 Å². The summed E-state index contributed by atoms with van der Waals surface area (Å²) < 4.78 is 13.3. The van der Waals surface area contributed by atoms with Crippen LogP contribution in [0, 0.1) is 0 Å². The first-order chi connectivity index (χ1) is 37.5. The van der Waals surface area contributed by atoms with Crippen LogP contribution in [0.1, 0.15) is 49.9 Å². The minimum Gasteiger partial charge on any atom is -0.455 e. The van der Waals surface area contributed by atoms with Gasteiger partial charge in [0.15, 0.2) is 0 Å². The van der Waals surface area contributed by atoms with Crippen LogP contribution in [0.4, 0.5) is 34.1 Å². The van der Waals surface area contributed by atoms with Crippen molar-refractivity contribution in [2.24, 2.45) is 0 Å². The van der Waals surface area contributed by atoms with Gasteiger partial charge in [0.25, 0.3) is 0 Å². The molecule has 0 aliphatic carbocycles. The monoisotopic (exact) mass is 980 g/mol. The van der Waals surface area contributed by atoms with Gasteiger partial charge in [0.2, 0.25) is 0 Å². The highest BCUT2D eigenvalue weighted by Crippen LogP contribution is 2.51. The Balaban J connectivity index is 0.997. The van der Waals surface area contributed by atoms with E-state index in [-0.39, 0.29) is 0 Å². The van der Waals surface area contributed by atoms with E-state index in [9.17, 15) is 0 Å². The van der Waals surface area contributed by atoms with Gasteiger partial charge in [-0.15, -0.1) is 0 Å². The van der Waals surface area contributed by atoms with Gasteiger partial charge in [0.05, 0.1) is 22.7 Å². The molecule has 76 heavy (non-hydrogen) atoms. The highest BCUT2D eigenvalue weighted by Gasteiger charge is 2.27. The number of furan rings is 2. The van der Waals surface area contributed by atoms with E-state index in [2.05, 4.69) is 244 Å². The third-order valence-electron chi connectivity index (χ3n) is 16.1. The largest absolute Gasteiger partial charge is 0.455 e. The predicted octanol–water partition coefficient (Wildman–Crippen LogP) is 20.9. The van der Waals surface area contributed by atoms with Crippen molar-refractivity contribution < 1.29 is 8.83 Å². The van der Waals surface area contributed by atoms with Crippen LogP contribution in [0.2, 0.25) is 0 Å². The molecule has 0 aliphatic heterocycles. The number of rotatable bonds is 12. The summed E-state index contributed by atoms with van der Waals surface area (Å²) in [5, 5.41) is 11.9. The second kappa shape index (κ2) is 18.4. The van der Waals surface area contributed by atoms with Crippen LogP contribution in [0.25, 0.3) is 98.4 Å². The normalized spacial score (nSPS) is 11.9. The maximum Gasteiger partial charge on any atom is 0.143 e. The summed E-state index contributed by atoms with van der Waals surface area (Å²) >= 11 is 0. The third kappa shape index (κ3) is 7.12. The standard InChI is InChI=1S/C72H56N2O2/c1-5-45-19-13-20-46(6-2)69(45)73(53-25-15-23-51(43-53)55-29-17-31-59-57-27-9-11-33-65(57)75-71(55)59)63-41-37-49-36-40-62-64(42-38-50-35-39-61(63)67(49)68(50)62)74(70-47(7-3)21-14-22-48(70)8-4)54-26-16-24-52(44-54)56-30-18-32-60-58-28-10-12-34-66(58)76-72(56)60/h9-44H,5-8H2,1-4H3. The van der Waals surface area contributed by atoms with Crippen molar-refractivity contribution in [3.63, 3.8) is 0 Å². The molecule has 14 aromatic rings. The van der Waals surface area contributed by atoms with Gasteiger partial charge in [-0.1, -0.05) is 198 Å². The summed E-state index contributed by atoms with van der Waals surface area (Å²) in [6.45, 7) is 9.12.